The van der Waals surface area contributed by atoms with Crippen LogP contribution in [0.4, 0.5) is 0 Å². The quantitative estimate of drug-likeness (QED) is 0.432. The maximum atomic E-state index is 10.8. The zero-order chi connectivity index (χ0) is 15.1. The van der Waals surface area contributed by atoms with Gasteiger partial charge >= 0.3 is 59.1 Å². The number of hydrogen-bond donors (Lipinski definition) is 2. The van der Waals surface area contributed by atoms with Gasteiger partial charge in [-0.3, -0.25) is 9.59 Å². The molecule has 0 aliphatic rings. The summed E-state index contributed by atoms with van der Waals surface area (Å²) in [5.74, 6) is -1.59. The number of rotatable bonds is 2. The minimum Gasteiger partial charge on any atom is -0.759 e. The third-order valence-electron chi connectivity index (χ3n) is 1.59. The zero-order valence-electron chi connectivity index (χ0n) is 13.4. The second-order valence-corrected chi connectivity index (χ2v) is 5.44. The van der Waals surface area contributed by atoms with Gasteiger partial charge in [-0.2, -0.15) is 0 Å². The number of amides is 2. The Hall–Kier alpha value is 0.0800. The van der Waals surface area contributed by atoms with Crippen LogP contribution in [0.3, 0.4) is 0 Å². The van der Waals surface area contributed by atoms with Crippen LogP contribution in [0, 0.1) is 15.8 Å². The first-order chi connectivity index (χ1) is 8.69. The summed E-state index contributed by atoms with van der Waals surface area (Å²) in [5.41, 5.74) is 3.14. The van der Waals surface area contributed by atoms with Crippen LogP contribution in [0.15, 0.2) is 24.3 Å². The molecule has 0 saturated heterocycles. The molecule has 0 aromatic heterocycles. The molecule has 0 saturated carbocycles. The minimum atomic E-state index is -0.793. The maximum absolute atomic E-state index is 10.8. The van der Waals surface area contributed by atoms with Gasteiger partial charge in [0.05, 0.1) is 0 Å². The van der Waals surface area contributed by atoms with Crippen molar-refractivity contribution in [1.29, 1.82) is 0 Å². The first-order valence-electron chi connectivity index (χ1n) is 5.64. The standard InChI is InChI=1S/C8H6N2O4.C5H12.2Na/c11-7(9-13)5-1-2-6(4-3-5)8(12)10-14;1-5(2,3)4;;/h1-4H,(H2-2,9,10,11,12,13,14);1-4H3;;/q-2;;2*+1. The van der Waals surface area contributed by atoms with Crippen LogP contribution in [0.5, 0.6) is 0 Å². The van der Waals surface area contributed by atoms with Crippen molar-refractivity contribution in [2.75, 3.05) is 0 Å². The molecule has 2 N–H and O–H groups in total. The fourth-order valence-electron chi connectivity index (χ4n) is 0.891. The molecule has 0 spiro atoms. The van der Waals surface area contributed by atoms with Gasteiger partial charge in [0.2, 0.25) is 11.8 Å². The molecule has 0 fully saturated rings. The molecule has 0 atom stereocenters. The van der Waals surface area contributed by atoms with Gasteiger partial charge in [0, 0.05) is 11.1 Å². The van der Waals surface area contributed by atoms with Crippen LogP contribution < -0.4 is 70.1 Å². The van der Waals surface area contributed by atoms with Crippen molar-refractivity contribution in [3.63, 3.8) is 0 Å². The second-order valence-electron chi connectivity index (χ2n) is 5.44. The predicted molar refractivity (Wildman–Crippen MR) is 73.2 cm³/mol. The Labute approximate surface area is 169 Å². The van der Waals surface area contributed by atoms with E-state index in [-0.39, 0.29) is 70.2 Å². The molecule has 0 unspecified atom stereocenters. The van der Waals surface area contributed by atoms with Crippen LogP contribution in [0.25, 0.3) is 0 Å². The van der Waals surface area contributed by atoms with Gasteiger partial charge in [-0.15, -0.1) is 0 Å². The van der Waals surface area contributed by atoms with E-state index < -0.39 is 11.8 Å². The number of carbonyl (C=O) groups is 2. The fraction of sp³-hybridized carbons (Fsp3) is 0.385. The summed E-state index contributed by atoms with van der Waals surface area (Å²) in [6.07, 6.45) is 0. The Morgan fingerprint density at radius 3 is 1.14 bits per heavy atom. The number of hydrogen-bond acceptors (Lipinski definition) is 4. The summed E-state index contributed by atoms with van der Waals surface area (Å²) in [6.45, 7) is 8.75. The van der Waals surface area contributed by atoms with E-state index in [1.54, 1.807) is 0 Å². The third kappa shape index (κ3) is 13.5. The average molecular weight is 312 g/mol. The average Bonchev–Trinajstić information content (AvgIpc) is 2.35. The van der Waals surface area contributed by atoms with Gasteiger partial charge in [0.1, 0.15) is 0 Å². The van der Waals surface area contributed by atoms with Crippen molar-refractivity contribution in [3.8, 4) is 0 Å². The minimum absolute atomic E-state index is 0. The monoisotopic (exact) mass is 312 g/mol. The molecule has 0 radical (unpaired) electrons. The molecule has 106 valence electrons. The van der Waals surface area contributed by atoms with E-state index >= 15 is 0 Å². The number of carbonyl (C=O) groups excluding carboxylic acids is 2. The molecule has 2 amide bonds. The molecule has 0 bridgehead atoms. The van der Waals surface area contributed by atoms with Crippen LogP contribution in [-0.2, 0) is 0 Å². The Kier molecular flexibility index (Phi) is 15.6. The SMILES string of the molecule is CC(C)(C)C.O=C(N[O-])c1ccc(C(=O)N[O-])cc1.[Na+].[Na+]. The summed E-state index contributed by atoms with van der Waals surface area (Å²) in [4.78, 5) is 21.6. The van der Waals surface area contributed by atoms with Crippen molar-refractivity contribution in [3.05, 3.63) is 45.8 Å². The summed E-state index contributed by atoms with van der Waals surface area (Å²) in [6, 6.07) is 5.10. The largest absolute Gasteiger partial charge is 1.00 e. The van der Waals surface area contributed by atoms with Crippen molar-refractivity contribution >= 4 is 11.8 Å². The van der Waals surface area contributed by atoms with Crippen molar-refractivity contribution in [1.82, 2.24) is 11.0 Å². The first-order valence-corrected chi connectivity index (χ1v) is 5.64. The molecule has 8 heteroatoms. The van der Waals surface area contributed by atoms with Crippen LogP contribution in [-0.4, -0.2) is 11.8 Å². The van der Waals surface area contributed by atoms with Crippen molar-refractivity contribution in [2.24, 2.45) is 5.41 Å². The van der Waals surface area contributed by atoms with E-state index in [4.69, 9.17) is 0 Å². The predicted octanol–water partition coefficient (Wildman–Crippen LogP) is -3.80. The van der Waals surface area contributed by atoms with E-state index in [1.165, 1.54) is 35.2 Å². The van der Waals surface area contributed by atoms with Gasteiger partial charge in [0.25, 0.3) is 0 Å². The third-order valence-corrected chi connectivity index (χ3v) is 1.59. The van der Waals surface area contributed by atoms with Crippen LogP contribution >= 0.6 is 0 Å². The van der Waals surface area contributed by atoms with Gasteiger partial charge < -0.3 is 21.4 Å². The molecule has 1 rings (SSSR count). The Morgan fingerprint density at radius 1 is 0.810 bits per heavy atom. The first kappa shape index (κ1) is 26.0. The van der Waals surface area contributed by atoms with E-state index in [0.29, 0.717) is 5.41 Å². The van der Waals surface area contributed by atoms with E-state index in [9.17, 15) is 20.0 Å². The molecule has 0 heterocycles. The van der Waals surface area contributed by atoms with E-state index in [0.717, 1.165) is 0 Å². The smallest absolute Gasteiger partial charge is 0.759 e. The zero-order valence-corrected chi connectivity index (χ0v) is 17.4. The number of benzene rings is 1. The summed E-state index contributed by atoms with van der Waals surface area (Å²) >= 11 is 0. The van der Waals surface area contributed by atoms with Gasteiger partial charge in [-0.25, -0.2) is 0 Å². The second kappa shape index (κ2) is 12.6. The summed E-state index contributed by atoms with van der Waals surface area (Å²) in [7, 11) is 0. The molecule has 1 aromatic carbocycles. The molecule has 0 aliphatic heterocycles. The van der Waals surface area contributed by atoms with Gasteiger partial charge in [0.15, 0.2) is 0 Å². The number of hydroxylamine groups is 2. The Bertz CT molecular complexity index is 390. The maximum Gasteiger partial charge on any atom is 1.00 e. The molecule has 21 heavy (non-hydrogen) atoms. The van der Waals surface area contributed by atoms with Crippen molar-refractivity contribution in [2.45, 2.75) is 27.7 Å². The molecular weight excluding hydrogens is 294 g/mol. The summed E-state index contributed by atoms with van der Waals surface area (Å²) < 4.78 is 0. The molecular formula is C13H18N2Na2O4. The number of nitrogens with one attached hydrogen (secondary N) is 2. The Morgan fingerprint density at radius 2 is 1.00 bits per heavy atom. The summed E-state index contributed by atoms with van der Waals surface area (Å²) in [5, 5.41) is 20.0. The van der Waals surface area contributed by atoms with Crippen molar-refractivity contribution < 1.29 is 68.7 Å². The van der Waals surface area contributed by atoms with Gasteiger partial charge in [-0.05, 0) is 29.7 Å². The molecule has 0 aliphatic carbocycles. The van der Waals surface area contributed by atoms with E-state index in [2.05, 4.69) is 27.7 Å². The topological polar surface area (TPSA) is 104 Å². The fourth-order valence-corrected chi connectivity index (χ4v) is 0.891. The molecule has 1 aromatic rings. The van der Waals surface area contributed by atoms with E-state index in [1.807, 2.05) is 0 Å². The Balaban J connectivity index is -0.000000405. The van der Waals surface area contributed by atoms with Crippen LogP contribution in [0.1, 0.15) is 48.4 Å². The molecule has 6 nitrogen and oxygen atoms in total. The van der Waals surface area contributed by atoms with Crippen LogP contribution in [0.2, 0.25) is 0 Å². The normalized spacial score (nSPS) is 9.05. The van der Waals surface area contributed by atoms with Gasteiger partial charge in [-0.1, -0.05) is 27.7 Å².